The lowest BCUT2D eigenvalue weighted by Crippen LogP contribution is -2.45. The molecular formula is C23H28N4O4. The van der Waals surface area contributed by atoms with Gasteiger partial charge < -0.3 is 19.7 Å². The average molecular weight is 425 g/mol. The number of ether oxygens (including phenoxy) is 2. The number of methoxy groups -OCH3 is 1. The van der Waals surface area contributed by atoms with Crippen molar-refractivity contribution < 1.29 is 19.1 Å². The van der Waals surface area contributed by atoms with E-state index in [9.17, 15) is 9.59 Å². The smallest absolute Gasteiger partial charge is 0.325 e. The van der Waals surface area contributed by atoms with Crippen LogP contribution in [0, 0.1) is 0 Å². The second-order valence-electron chi connectivity index (χ2n) is 7.88. The van der Waals surface area contributed by atoms with Crippen LogP contribution in [0.2, 0.25) is 0 Å². The first-order valence-electron chi connectivity index (χ1n) is 10.7. The number of carbonyl (C=O) groups excluding carboxylic acids is 2. The zero-order valence-electron chi connectivity index (χ0n) is 17.7. The number of hydrogen-bond acceptors (Lipinski definition) is 5. The van der Waals surface area contributed by atoms with Crippen molar-refractivity contribution in [2.75, 3.05) is 31.6 Å². The van der Waals surface area contributed by atoms with Gasteiger partial charge in [0.1, 0.15) is 18.4 Å². The predicted octanol–water partition coefficient (Wildman–Crippen LogP) is 2.84. The van der Waals surface area contributed by atoms with Crippen LogP contribution in [0.25, 0.3) is 0 Å². The molecule has 0 spiro atoms. The minimum absolute atomic E-state index is 0.0792. The summed E-state index contributed by atoms with van der Waals surface area (Å²) < 4.78 is 11.1. The lowest BCUT2D eigenvalue weighted by molar-refractivity contribution is -0.122. The second kappa shape index (κ2) is 9.68. The fourth-order valence-corrected chi connectivity index (χ4v) is 4.09. The molecule has 1 N–H and O–H groups in total. The molecule has 1 aromatic heterocycles. The molecule has 3 amide bonds. The maximum absolute atomic E-state index is 12.7. The first-order chi connectivity index (χ1) is 15.1. The Bertz CT molecular complexity index is 882. The molecule has 1 saturated heterocycles. The normalized spacial score (nSPS) is 21.1. The highest BCUT2D eigenvalue weighted by atomic mass is 16.5. The van der Waals surface area contributed by atoms with Crippen molar-refractivity contribution in [3.8, 4) is 11.6 Å². The van der Waals surface area contributed by atoms with Gasteiger partial charge in [-0.2, -0.15) is 0 Å². The van der Waals surface area contributed by atoms with Gasteiger partial charge in [0.25, 0.3) is 0 Å². The number of carbonyl (C=O) groups is 2. The largest absolute Gasteiger partial charge is 0.497 e. The minimum Gasteiger partial charge on any atom is -0.497 e. The molecular weight excluding hydrogens is 396 g/mol. The fraction of sp³-hybridized carbons (Fsp3) is 0.435. The van der Waals surface area contributed by atoms with Crippen LogP contribution in [0.4, 0.5) is 10.5 Å². The third-order valence-corrected chi connectivity index (χ3v) is 5.78. The number of aromatic nitrogens is 1. The lowest BCUT2D eigenvalue weighted by atomic mass is 9.93. The Morgan fingerprint density at radius 1 is 1.10 bits per heavy atom. The fourth-order valence-electron chi connectivity index (χ4n) is 4.09. The van der Waals surface area contributed by atoms with Crippen molar-refractivity contribution in [1.29, 1.82) is 0 Å². The van der Waals surface area contributed by atoms with Crippen molar-refractivity contribution in [3.63, 3.8) is 0 Å². The topological polar surface area (TPSA) is 84.0 Å². The molecule has 2 aromatic rings. The maximum Gasteiger partial charge on any atom is 0.325 e. The Kier molecular flexibility index (Phi) is 6.54. The molecule has 0 bridgehead atoms. The molecule has 31 heavy (non-hydrogen) atoms. The molecule has 0 radical (unpaired) electrons. The van der Waals surface area contributed by atoms with E-state index in [0.29, 0.717) is 19.0 Å². The van der Waals surface area contributed by atoms with E-state index in [1.54, 1.807) is 23.1 Å². The molecule has 2 fully saturated rings. The van der Waals surface area contributed by atoms with Gasteiger partial charge in [0, 0.05) is 37.1 Å². The van der Waals surface area contributed by atoms with E-state index in [1.807, 2.05) is 42.5 Å². The van der Waals surface area contributed by atoms with Gasteiger partial charge in [0.15, 0.2) is 0 Å². The summed E-state index contributed by atoms with van der Waals surface area (Å²) in [4.78, 5) is 32.7. The second-order valence-corrected chi connectivity index (χ2v) is 7.88. The van der Waals surface area contributed by atoms with Gasteiger partial charge >= 0.3 is 6.03 Å². The van der Waals surface area contributed by atoms with E-state index in [2.05, 4.69) is 10.3 Å². The molecule has 0 unspecified atom stereocenters. The molecule has 1 aliphatic heterocycles. The number of hydrogen-bond donors (Lipinski definition) is 1. The maximum atomic E-state index is 12.7. The van der Waals surface area contributed by atoms with Gasteiger partial charge in [-0.15, -0.1) is 0 Å². The van der Waals surface area contributed by atoms with Crippen molar-refractivity contribution in [2.24, 2.45) is 0 Å². The summed E-state index contributed by atoms with van der Waals surface area (Å²) in [7, 11) is 1.61. The molecule has 1 saturated carbocycles. The summed E-state index contributed by atoms with van der Waals surface area (Å²) in [5, 5.41) is 3.08. The predicted molar refractivity (Wildman–Crippen MR) is 116 cm³/mol. The zero-order chi connectivity index (χ0) is 21.6. The summed E-state index contributed by atoms with van der Waals surface area (Å²) in [5.74, 6) is 1.27. The van der Waals surface area contributed by atoms with Gasteiger partial charge in [0.2, 0.25) is 11.8 Å². The number of amides is 3. The van der Waals surface area contributed by atoms with E-state index in [4.69, 9.17) is 9.47 Å². The number of rotatable bonds is 7. The van der Waals surface area contributed by atoms with Crippen molar-refractivity contribution in [1.82, 2.24) is 15.2 Å². The summed E-state index contributed by atoms with van der Waals surface area (Å²) >= 11 is 0. The van der Waals surface area contributed by atoms with Crippen molar-refractivity contribution in [3.05, 3.63) is 48.7 Å². The lowest BCUT2D eigenvalue weighted by Gasteiger charge is -2.29. The van der Waals surface area contributed by atoms with Gasteiger partial charge in [0.05, 0.1) is 7.11 Å². The van der Waals surface area contributed by atoms with Crippen LogP contribution < -0.4 is 19.7 Å². The SMILES string of the molecule is COc1ccc(N2CCN(CC(=O)NC3CCC(Oc4ccccn4)CC3)C2=O)cc1. The first-order valence-corrected chi connectivity index (χ1v) is 10.7. The number of anilines is 1. The van der Waals surface area contributed by atoms with E-state index >= 15 is 0 Å². The van der Waals surface area contributed by atoms with Gasteiger partial charge in [-0.05, 0) is 56.0 Å². The molecule has 4 rings (SSSR count). The van der Waals surface area contributed by atoms with Crippen LogP contribution in [-0.2, 0) is 4.79 Å². The van der Waals surface area contributed by atoms with Gasteiger partial charge in [-0.3, -0.25) is 9.69 Å². The standard InChI is InChI=1S/C23H28N4O4/c1-30-19-11-7-18(8-12-19)27-15-14-26(23(27)29)16-21(28)25-17-5-9-20(10-6-17)31-22-4-2-3-13-24-22/h2-4,7-8,11-13,17,20H,5-6,9-10,14-16H2,1H3,(H,25,28). The highest BCUT2D eigenvalue weighted by molar-refractivity contribution is 5.96. The van der Waals surface area contributed by atoms with Crippen molar-refractivity contribution >= 4 is 17.6 Å². The van der Waals surface area contributed by atoms with Crippen LogP contribution in [0.15, 0.2) is 48.7 Å². The van der Waals surface area contributed by atoms with Crippen LogP contribution in [0.5, 0.6) is 11.6 Å². The van der Waals surface area contributed by atoms with Crippen LogP contribution in [-0.4, -0.2) is 60.7 Å². The molecule has 8 nitrogen and oxygen atoms in total. The molecule has 0 atom stereocenters. The van der Waals surface area contributed by atoms with Crippen molar-refractivity contribution in [2.45, 2.75) is 37.8 Å². The highest BCUT2D eigenvalue weighted by Crippen LogP contribution is 2.24. The van der Waals surface area contributed by atoms with Crippen LogP contribution in [0.1, 0.15) is 25.7 Å². The molecule has 1 aliphatic carbocycles. The third-order valence-electron chi connectivity index (χ3n) is 5.78. The number of nitrogens with zero attached hydrogens (tertiary/aromatic N) is 3. The van der Waals surface area contributed by atoms with Crippen LogP contribution in [0.3, 0.4) is 0 Å². The highest BCUT2D eigenvalue weighted by Gasteiger charge is 2.31. The van der Waals surface area contributed by atoms with Gasteiger partial charge in [-0.25, -0.2) is 9.78 Å². The van der Waals surface area contributed by atoms with E-state index in [1.165, 1.54) is 0 Å². The molecule has 164 valence electrons. The van der Waals surface area contributed by atoms with Crippen LogP contribution >= 0.6 is 0 Å². The minimum atomic E-state index is -0.146. The molecule has 2 heterocycles. The average Bonchev–Trinajstić information content (AvgIpc) is 3.16. The van der Waals surface area contributed by atoms with Gasteiger partial charge in [-0.1, -0.05) is 6.07 Å². The zero-order valence-corrected chi connectivity index (χ0v) is 17.7. The third kappa shape index (κ3) is 5.25. The quantitative estimate of drug-likeness (QED) is 0.739. The Labute approximate surface area is 182 Å². The summed E-state index contributed by atoms with van der Waals surface area (Å²) in [6.07, 6.45) is 5.30. The van der Waals surface area contributed by atoms with E-state index < -0.39 is 0 Å². The monoisotopic (exact) mass is 424 g/mol. The number of urea groups is 1. The number of benzene rings is 1. The Hall–Kier alpha value is -3.29. The molecule has 8 heteroatoms. The summed E-state index contributed by atoms with van der Waals surface area (Å²) in [6.45, 7) is 1.17. The first kappa shape index (κ1) is 21.0. The van der Waals surface area contributed by atoms with E-state index in [-0.39, 0.29) is 30.6 Å². The van der Waals surface area contributed by atoms with E-state index in [0.717, 1.165) is 37.1 Å². The Balaban J connectivity index is 1.22. The Morgan fingerprint density at radius 3 is 2.55 bits per heavy atom. The summed E-state index contributed by atoms with van der Waals surface area (Å²) in [5.41, 5.74) is 0.805. The molecule has 2 aliphatic rings. The number of pyridine rings is 1. The Morgan fingerprint density at radius 2 is 1.87 bits per heavy atom. The molecule has 1 aromatic carbocycles. The number of nitrogens with one attached hydrogen (secondary N) is 1. The summed E-state index contributed by atoms with van der Waals surface area (Å²) in [6, 6.07) is 13.0.